The molecule has 8 heteroatoms. The van der Waals surface area contributed by atoms with Gasteiger partial charge in [-0.3, -0.25) is 0 Å². The van der Waals surface area contributed by atoms with Crippen molar-refractivity contribution in [1.29, 1.82) is 0 Å². The Labute approximate surface area is 90.1 Å². The Hall–Kier alpha value is -0.690. The van der Waals surface area contributed by atoms with E-state index >= 15 is 0 Å². The number of halogens is 5. The summed E-state index contributed by atoms with van der Waals surface area (Å²) in [5.41, 5.74) is 5.24. The fourth-order valence-corrected chi connectivity index (χ4v) is 1.19. The molecule has 0 aromatic carbocycles. The average molecular weight is 291 g/mol. The minimum absolute atomic E-state index is 0.0759. The van der Waals surface area contributed by atoms with E-state index in [0.29, 0.717) is 0 Å². The molecule has 0 bridgehead atoms. The minimum Gasteiger partial charge on any atom is -0.403 e. The zero-order chi connectivity index (χ0) is 10.9. The number of alkyl halides is 3. The largest absolute Gasteiger partial charge is 0.573 e. The SMILES string of the molecule is Nc1ncc(OC(F)(F)F)c(Br)c1Cl. The van der Waals surface area contributed by atoms with Crippen molar-refractivity contribution in [1.82, 2.24) is 4.98 Å². The van der Waals surface area contributed by atoms with E-state index in [9.17, 15) is 13.2 Å². The molecule has 0 unspecified atom stereocenters. The highest BCUT2D eigenvalue weighted by Crippen LogP contribution is 2.37. The molecule has 0 spiro atoms. The van der Waals surface area contributed by atoms with Crippen molar-refractivity contribution in [3.05, 3.63) is 15.7 Å². The Bertz CT molecular complexity index is 358. The van der Waals surface area contributed by atoms with Gasteiger partial charge in [-0.25, -0.2) is 4.98 Å². The van der Waals surface area contributed by atoms with Gasteiger partial charge in [0.05, 0.1) is 10.7 Å². The summed E-state index contributed by atoms with van der Waals surface area (Å²) in [5, 5.41) is -0.119. The predicted molar refractivity (Wildman–Crippen MR) is 48.0 cm³/mol. The number of anilines is 1. The van der Waals surface area contributed by atoms with Crippen LogP contribution in [-0.4, -0.2) is 11.3 Å². The summed E-state index contributed by atoms with van der Waals surface area (Å²) in [6.07, 6.45) is -3.96. The molecule has 1 rings (SSSR count). The Kier molecular flexibility index (Phi) is 3.10. The second kappa shape index (κ2) is 3.82. The number of nitrogens with zero attached hydrogens (tertiary/aromatic N) is 1. The number of aromatic nitrogens is 1. The molecular weight excluding hydrogens is 288 g/mol. The van der Waals surface area contributed by atoms with Crippen LogP contribution in [0.15, 0.2) is 10.7 Å². The maximum atomic E-state index is 11.8. The van der Waals surface area contributed by atoms with Crippen molar-refractivity contribution in [2.24, 2.45) is 0 Å². The lowest BCUT2D eigenvalue weighted by Gasteiger charge is -2.11. The van der Waals surface area contributed by atoms with Gasteiger partial charge in [0.15, 0.2) is 5.75 Å². The normalized spacial score (nSPS) is 11.5. The van der Waals surface area contributed by atoms with Crippen LogP contribution in [0.25, 0.3) is 0 Å². The van der Waals surface area contributed by atoms with Gasteiger partial charge in [0.1, 0.15) is 10.8 Å². The van der Waals surface area contributed by atoms with E-state index in [1.165, 1.54) is 0 Å². The monoisotopic (exact) mass is 290 g/mol. The van der Waals surface area contributed by atoms with E-state index in [2.05, 4.69) is 25.7 Å². The maximum Gasteiger partial charge on any atom is 0.573 e. The maximum absolute atomic E-state index is 11.8. The summed E-state index contributed by atoms with van der Waals surface area (Å²) >= 11 is 8.34. The van der Waals surface area contributed by atoms with Gasteiger partial charge >= 0.3 is 6.36 Å². The number of rotatable bonds is 1. The number of nitrogen functional groups attached to an aromatic ring is 1. The smallest absolute Gasteiger partial charge is 0.403 e. The number of hydrogen-bond acceptors (Lipinski definition) is 3. The van der Waals surface area contributed by atoms with Crippen LogP contribution in [0.1, 0.15) is 0 Å². The summed E-state index contributed by atoms with van der Waals surface area (Å²) in [7, 11) is 0. The van der Waals surface area contributed by atoms with Crippen molar-refractivity contribution >= 4 is 33.3 Å². The van der Waals surface area contributed by atoms with Gasteiger partial charge in [-0.15, -0.1) is 13.2 Å². The molecule has 1 heterocycles. The van der Waals surface area contributed by atoms with Crippen LogP contribution >= 0.6 is 27.5 Å². The zero-order valence-electron chi connectivity index (χ0n) is 6.40. The molecule has 0 radical (unpaired) electrons. The first-order valence-corrected chi connectivity index (χ1v) is 4.33. The van der Waals surface area contributed by atoms with Gasteiger partial charge in [-0.1, -0.05) is 11.6 Å². The van der Waals surface area contributed by atoms with E-state index < -0.39 is 12.1 Å². The fraction of sp³-hybridized carbons (Fsp3) is 0.167. The van der Waals surface area contributed by atoms with Gasteiger partial charge in [0, 0.05) is 0 Å². The molecule has 0 atom stereocenters. The van der Waals surface area contributed by atoms with Gasteiger partial charge in [-0.2, -0.15) is 0 Å². The van der Waals surface area contributed by atoms with Gasteiger partial charge in [0.25, 0.3) is 0 Å². The molecule has 0 aliphatic heterocycles. The van der Waals surface area contributed by atoms with Crippen LogP contribution in [0.3, 0.4) is 0 Å². The molecule has 78 valence electrons. The van der Waals surface area contributed by atoms with E-state index in [4.69, 9.17) is 17.3 Å². The highest BCUT2D eigenvalue weighted by molar-refractivity contribution is 9.10. The molecule has 14 heavy (non-hydrogen) atoms. The number of ether oxygens (including phenoxy) is 1. The van der Waals surface area contributed by atoms with Crippen molar-refractivity contribution in [2.75, 3.05) is 5.73 Å². The topological polar surface area (TPSA) is 48.1 Å². The van der Waals surface area contributed by atoms with Gasteiger partial charge < -0.3 is 10.5 Å². The zero-order valence-corrected chi connectivity index (χ0v) is 8.74. The van der Waals surface area contributed by atoms with Crippen molar-refractivity contribution < 1.29 is 17.9 Å². The standard InChI is InChI=1S/C6H3BrClF3N2O/c7-3-2(14-6(9,10)11)1-13-5(12)4(3)8/h1H,(H2,12,13). The molecule has 0 amide bonds. The molecule has 0 fully saturated rings. The van der Waals surface area contributed by atoms with Crippen LogP contribution in [0.5, 0.6) is 5.75 Å². The second-order valence-electron chi connectivity index (χ2n) is 2.18. The van der Waals surface area contributed by atoms with Gasteiger partial charge in [0.2, 0.25) is 0 Å². The molecule has 1 aromatic rings. The third kappa shape index (κ3) is 2.65. The first-order valence-electron chi connectivity index (χ1n) is 3.16. The van der Waals surface area contributed by atoms with Crippen LogP contribution in [0.4, 0.5) is 19.0 Å². The third-order valence-electron chi connectivity index (χ3n) is 1.18. The van der Waals surface area contributed by atoms with Crippen LogP contribution < -0.4 is 10.5 Å². The Balaban J connectivity index is 3.06. The molecule has 0 aliphatic rings. The lowest BCUT2D eigenvalue weighted by molar-refractivity contribution is -0.275. The molecule has 0 aliphatic carbocycles. The molecule has 1 aromatic heterocycles. The van der Waals surface area contributed by atoms with E-state index in [-0.39, 0.29) is 15.3 Å². The number of nitrogens with two attached hydrogens (primary N) is 1. The molecule has 2 N–H and O–H groups in total. The first-order chi connectivity index (χ1) is 6.31. The van der Waals surface area contributed by atoms with Crippen LogP contribution in [0, 0.1) is 0 Å². The Morgan fingerprint density at radius 2 is 2.07 bits per heavy atom. The van der Waals surface area contributed by atoms with E-state index in [0.717, 1.165) is 6.20 Å². The molecule has 3 nitrogen and oxygen atoms in total. The fourth-order valence-electron chi connectivity index (χ4n) is 0.658. The number of pyridine rings is 1. The molecule has 0 saturated heterocycles. The highest BCUT2D eigenvalue weighted by Gasteiger charge is 2.32. The Morgan fingerprint density at radius 3 is 2.57 bits per heavy atom. The van der Waals surface area contributed by atoms with Crippen LogP contribution in [-0.2, 0) is 0 Å². The lowest BCUT2D eigenvalue weighted by Crippen LogP contribution is -2.17. The van der Waals surface area contributed by atoms with E-state index in [1.54, 1.807) is 0 Å². The summed E-state index contributed by atoms with van der Waals surface area (Å²) in [4.78, 5) is 3.41. The summed E-state index contributed by atoms with van der Waals surface area (Å²) in [5.74, 6) is -0.607. The summed E-state index contributed by atoms with van der Waals surface area (Å²) < 4.78 is 39.0. The number of hydrogen-bond donors (Lipinski definition) is 1. The van der Waals surface area contributed by atoms with Gasteiger partial charge in [-0.05, 0) is 15.9 Å². The predicted octanol–water partition coefficient (Wildman–Crippen LogP) is 2.98. The van der Waals surface area contributed by atoms with E-state index in [1.807, 2.05) is 0 Å². The quantitative estimate of drug-likeness (QED) is 0.865. The first kappa shape index (κ1) is 11.4. The van der Waals surface area contributed by atoms with Crippen molar-refractivity contribution in [3.8, 4) is 5.75 Å². The summed E-state index contributed by atoms with van der Waals surface area (Å²) in [6, 6.07) is 0. The van der Waals surface area contributed by atoms with Crippen molar-refractivity contribution in [2.45, 2.75) is 6.36 Å². The van der Waals surface area contributed by atoms with Crippen LogP contribution in [0.2, 0.25) is 5.02 Å². The second-order valence-corrected chi connectivity index (χ2v) is 3.35. The highest BCUT2D eigenvalue weighted by atomic mass is 79.9. The lowest BCUT2D eigenvalue weighted by atomic mass is 10.4. The van der Waals surface area contributed by atoms with Crippen molar-refractivity contribution in [3.63, 3.8) is 0 Å². The third-order valence-corrected chi connectivity index (χ3v) is 2.58. The minimum atomic E-state index is -4.79. The molecule has 0 saturated carbocycles. The molecular formula is C6H3BrClF3N2O. The average Bonchev–Trinajstić information content (AvgIpc) is 2.04. The summed E-state index contributed by atoms with van der Waals surface area (Å²) in [6.45, 7) is 0. The Morgan fingerprint density at radius 1 is 1.50 bits per heavy atom.